The van der Waals surface area contributed by atoms with E-state index in [1.807, 2.05) is 0 Å². The van der Waals surface area contributed by atoms with Gasteiger partial charge in [0.15, 0.2) is 0 Å². The van der Waals surface area contributed by atoms with E-state index in [2.05, 4.69) is 26.0 Å². The molecule has 0 unspecified atom stereocenters. The van der Waals surface area contributed by atoms with Gasteiger partial charge in [-0.05, 0) is 44.4 Å². The van der Waals surface area contributed by atoms with Gasteiger partial charge in [-0.2, -0.15) is 0 Å². The van der Waals surface area contributed by atoms with Crippen molar-refractivity contribution in [2.75, 3.05) is 0 Å². The lowest BCUT2D eigenvalue weighted by molar-refractivity contribution is 0.408. The Morgan fingerprint density at radius 3 is 2.43 bits per heavy atom. The Hall–Kier alpha value is -0.260. The van der Waals surface area contributed by atoms with Crippen molar-refractivity contribution >= 4 is 0 Å². The third-order valence-corrected chi connectivity index (χ3v) is 3.59. The van der Waals surface area contributed by atoms with Crippen molar-refractivity contribution in [1.29, 1.82) is 0 Å². The van der Waals surface area contributed by atoms with Crippen molar-refractivity contribution in [2.24, 2.45) is 5.41 Å². The van der Waals surface area contributed by atoms with Crippen LogP contribution in [-0.2, 0) is 0 Å². The van der Waals surface area contributed by atoms with Crippen molar-refractivity contribution in [3.8, 4) is 0 Å². The molecule has 0 heterocycles. The molecule has 0 aliphatic heterocycles. The summed E-state index contributed by atoms with van der Waals surface area (Å²) in [6.45, 7) is 4.42. The quantitative estimate of drug-likeness (QED) is 0.373. The third kappa shape index (κ3) is 4.30. The van der Waals surface area contributed by atoms with Gasteiger partial charge in [-0.25, -0.2) is 0 Å². The van der Waals surface area contributed by atoms with E-state index < -0.39 is 0 Å². The molecule has 0 heteroatoms. The number of allylic oxidation sites excluding steroid dienone is 2. The summed E-state index contributed by atoms with van der Waals surface area (Å²) < 4.78 is 0. The standard InChI is InChI=1S/C14H26/c1-3-5-7-9-11-14(12-13-14)10-8-6-4-2/h4,6H,3,5,7-13H2,1-2H3/b6-4+. The van der Waals surface area contributed by atoms with E-state index in [-0.39, 0.29) is 0 Å². The molecule has 0 saturated heterocycles. The van der Waals surface area contributed by atoms with Gasteiger partial charge in [-0.3, -0.25) is 0 Å². The van der Waals surface area contributed by atoms with Crippen LogP contribution in [0, 0.1) is 5.41 Å². The molecule has 1 aliphatic rings. The molecule has 1 rings (SSSR count). The second-order valence-electron chi connectivity index (χ2n) is 4.92. The summed E-state index contributed by atoms with van der Waals surface area (Å²) in [5, 5.41) is 0. The second-order valence-corrected chi connectivity index (χ2v) is 4.92. The van der Waals surface area contributed by atoms with Crippen molar-refractivity contribution < 1.29 is 0 Å². The molecular formula is C14H26. The fraction of sp³-hybridized carbons (Fsp3) is 0.857. The maximum Gasteiger partial charge on any atom is -0.0294 e. The minimum absolute atomic E-state index is 0.799. The summed E-state index contributed by atoms with van der Waals surface area (Å²) in [6, 6.07) is 0. The van der Waals surface area contributed by atoms with Gasteiger partial charge in [0, 0.05) is 0 Å². The number of hydrogen-bond acceptors (Lipinski definition) is 0. The van der Waals surface area contributed by atoms with Crippen molar-refractivity contribution in [2.45, 2.75) is 71.6 Å². The third-order valence-electron chi connectivity index (χ3n) is 3.59. The Bertz CT molecular complexity index is 163. The smallest absolute Gasteiger partial charge is 0.0294 e. The highest BCUT2D eigenvalue weighted by Gasteiger charge is 2.40. The maximum absolute atomic E-state index is 2.33. The molecule has 0 bridgehead atoms. The van der Waals surface area contributed by atoms with Crippen LogP contribution in [0.15, 0.2) is 12.2 Å². The largest absolute Gasteiger partial charge is 0.0917 e. The van der Waals surface area contributed by atoms with Gasteiger partial charge in [0.2, 0.25) is 0 Å². The van der Waals surface area contributed by atoms with Gasteiger partial charge in [-0.15, -0.1) is 0 Å². The van der Waals surface area contributed by atoms with Crippen LogP contribution in [0.1, 0.15) is 71.6 Å². The summed E-state index contributed by atoms with van der Waals surface area (Å²) in [5.74, 6) is 0. The van der Waals surface area contributed by atoms with Gasteiger partial charge in [-0.1, -0.05) is 44.8 Å². The lowest BCUT2D eigenvalue weighted by Crippen LogP contribution is -1.99. The first kappa shape index (κ1) is 11.8. The van der Waals surface area contributed by atoms with Crippen LogP contribution < -0.4 is 0 Å². The Morgan fingerprint density at radius 1 is 1.07 bits per heavy atom. The zero-order chi connectivity index (χ0) is 10.3. The minimum Gasteiger partial charge on any atom is -0.0917 e. The molecule has 14 heavy (non-hydrogen) atoms. The molecule has 82 valence electrons. The molecule has 1 fully saturated rings. The molecule has 0 nitrogen and oxygen atoms in total. The highest BCUT2D eigenvalue weighted by molar-refractivity contribution is 4.94. The van der Waals surface area contributed by atoms with Gasteiger partial charge in [0.25, 0.3) is 0 Å². The van der Waals surface area contributed by atoms with E-state index >= 15 is 0 Å². The lowest BCUT2D eigenvalue weighted by atomic mass is 9.93. The SMILES string of the molecule is C/C=C/CCC1(CCCCCC)CC1. The van der Waals surface area contributed by atoms with E-state index in [9.17, 15) is 0 Å². The van der Waals surface area contributed by atoms with E-state index in [0.29, 0.717) is 0 Å². The summed E-state index contributed by atoms with van der Waals surface area (Å²) in [6.07, 6.45) is 17.5. The van der Waals surface area contributed by atoms with E-state index in [1.54, 1.807) is 0 Å². The Labute approximate surface area is 89.8 Å². The van der Waals surface area contributed by atoms with Gasteiger partial charge in [0.05, 0.1) is 0 Å². The van der Waals surface area contributed by atoms with Crippen LogP contribution in [0.5, 0.6) is 0 Å². The zero-order valence-electron chi connectivity index (χ0n) is 10.0. The monoisotopic (exact) mass is 194 g/mol. The first-order valence-electron chi connectivity index (χ1n) is 6.44. The number of unbranched alkanes of at least 4 members (excludes halogenated alkanes) is 3. The van der Waals surface area contributed by atoms with Crippen LogP contribution >= 0.6 is 0 Å². The highest BCUT2D eigenvalue weighted by Crippen LogP contribution is 2.53. The molecule has 1 saturated carbocycles. The molecule has 0 spiro atoms. The van der Waals surface area contributed by atoms with E-state index in [1.165, 1.54) is 57.8 Å². The summed E-state index contributed by atoms with van der Waals surface area (Å²) in [4.78, 5) is 0. The average Bonchev–Trinajstić information content (AvgIpc) is 2.94. The van der Waals surface area contributed by atoms with Gasteiger partial charge < -0.3 is 0 Å². The van der Waals surface area contributed by atoms with Crippen LogP contribution in [0.2, 0.25) is 0 Å². The Balaban J connectivity index is 2.03. The molecule has 0 radical (unpaired) electrons. The molecule has 0 atom stereocenters. The predicted octanol–water partition coefficient (Wildman–Crippen LogP) is 5.09. The van der Waals surface area contributed by atoms with E-state index in [0.717, 1.165) is 5.41 Å². The van der Waals surface area contributed by atoms with Crippen LogP contribution in [0.4, 0.5) is 0 Å². The van der Waals surface area contributed by atoms with Crippen LogP contribution in [0.3, 0.4) is 0 Å². The summed E-state index contributed by atoms with van der Waals surface area (Å²) >= 11 is 0. The van der Waals surface area contributed by atoms with E-state index in [4.69, 9.17) is 0 Å². The highest BCUT2D eigenvalue weighted by atomic mass is 14.4. The Kier molecular flexibility index (Phi) is 5.29. The van der Waals surface area contributed by atoms with Crippen molar-refractivity contribution in [3.63, 3.8) is 0 Å². The summed E-state index contributed by atoms with van der Waals surface area (Å²) in [7, 11) is 0. The average molecular weight is 194 g/mol. The van der Waals surface area contributed by atoms with Crippen molar-refractivity contribution in [1.82, 2.24) is 0 Å². The van der Waals surface area contributed by atoms with Crippen molar-refractivity contribution in [3.05, 3.63) is 12.2 Å². The summed E-state index contributed by atoms with van der Waals surface area (Å²) in [5.41, 5.74) is 0.799. The van der Waals surface area contributed by atoms with Crippen LogP contribution in [0.25, 0.3) is 0 Å². The zero-order valence-corrected chi connectivity index (χ0v) is 10.0. The molecule has 0 amide bonds. The molecule has 0 N–H and O–H groups in total. The maximum atomic E-state index is 2.33. The van der Waals surface area contributed by atoms with Gasteiger partial charge >= 0.3 is 0 Å². The molecule has 1 aliphatic carbocycles. The fourth-order valence-electron chi connectivity index (χ4n) is 2.28. The topological polar surface area (TPSA) is 0 Å². The first-order valence-corrected chi connectivity index (χ1v) is 6.44. The van der Waals surface area contributed by atoms with Crippen LogP contribution in [-0.4, -0.2) is 0 Å². The number of hydrogen-bond donors (Lipinski definition) is 0. The normalized spacial score (nSPS) is 19.0. The fourth-order valence-corrected chi connectivity index (χ4v) is 2.28. The Morgan fingerprint density at radius 2 is 1.86 bits per heavy atom. The second kappa shape index (κ2) is 6.27. The molecular weight excluding hydrogens is 168 g/mol. The molecule has 0 aromatic rings. The lowest BCUT2D eigenvalue weighted by Gasteiger charge is -2.13. The number of rotatable bonds is 8. The predicted molar refractivity (Wildman–Crippen MR) is 64.5 cm³/mol. The van der Waals surface area contributed by atoms with Gasteiger partial charge in [0.1, 0.15) is 0 Å². The molecule has 0 aromatic carbocycles. The first-order chi connectivity index (χ1) is 6.83. The minimum atomic E-state index is 0.799. The molecule has 0 aromatic heterocycles.